The molecule has 2 heterocycles. The summed E-state index contributed by atoms with van der Waals surface area (Å²) in [4.78, 5) is 31.9. The Balaban J connectivity index is 1.67. The summed E-state index contributed by atoms with van der Waals surface area (Å²) in [5, 5.41) is 0.958. The van der Waals surface area contributed by atoms with Crippen molar-refractivity contribution < 1.29 is 14.3 Å². The summed E-state index contributed by atoms with van der Waals surface area (Å²) in [6, 6.07) is 0. The highest BCUT2D eigenvalue weighted by atomic mass is 32.1. The Bertz CT molecular complexity index is 622. The lowest BCUT2D eigenvalue weighted by Gasteiger charge is -2.38. The number of amides is 1. The Morgan fingerprint density at radius 3 is 2.50 bits per heavy atom. The average molecular weight is 322 g/mol. The van der Waals surface area contributed by atoms with E-state index in [1.165, 1.54) is 11.3 Å². The first-order valence-corrected chi connectivity index (χ1v) is 8.51. The van der Waals surface area contributed by atoms with Gasteiger partial charge in [-0.05, 0) is 40.5 Å². The number of piperidine rings is 1. The molecular weight excluding hydrogens is 300 g/mol. The van der Waals surface area contributed by atoms with E-state index in [2.05, 4.69) is 4.98 Å². The van der Waals surface area contributed by atoms with Crippen molar-refractivity contribution in [3.63, 3.8) is 0 Å². The van der Waals surface area contributed by atoms with E-state index in [9.17, 15) is 9.59 Å². The number of carbonyl (C=O) groups is 2. The lowest BCUT2D eigenvalue weighted by Crippen LogP contribution is -2.47. The SMILES string of the molecule is Cc1nc2c(s1)C(=O)C1(CCN(C(=O)OC(C)(C)C)CC1)C2. The molecule has 0 aromatic carbocycles. The molecule has 1 fully saturated rings. The summed E-state index contributed by atoms with van der Waals surface area (Å²) in [5.41, 5.74) is 0.139. The number of ether oxygens (including phenoxy) is 1. The van der Waals surface area contributed by atoms with Gasteiger partial charge in [0, 0.05) is 24.9 Å². The highest BCUT2D eigenvalue weighted by molar-refractivity contribution is 7.14. The zero-order chi connectivity index (χ0) is 16.1. The molecule has 6 heteroatoms. The van der Waals surface area contributed by atoms with Crippen LogP contribution in [0.15, 0.2) is 0 Å². The van der Waals surface area contributed by atoms with E-state index in [-0.39, 0.29) is 17.3 Å². The van der Waals surface area contributed by atoms with Crippen LogP contribution in [0.4, 0.5) is 4.79 Å². The predicted octanol–water partition coefficient (Wildman–Crippen LogP) is 3.21. The summed E-state index contributed by atoms with van der Waals surface area (Å²) in [6.45, 7) is 8.69. The number of rotatable bonds is 0. The smallest absolute Gasteiger partial charge is 0.410 e. The lowest BCUT2D eigenvalue weighted by molar-refractivity contribution is 0.0113. The zero-order valence-electron chi connectivity index (χ0n) is 13.6. The molecule has 1 aliphatic heterocycles. The number of carbonyl (C=O) groups excluding carboxylic acids is 2. The number of likely N-dealkylation sites (tertiary alicyclic amines) is 1. The number of thiazole rings is 1. The maximum atomic E-state index is 12.7. The van der Waals surface area contributed by atoms with Crippen molar-refractivity contribution in [1.82, 2.24) is 9.88 Å². The summed E-state index contributed by atoms with van der Waals surface area (Å²) in [7, 11) is 0. The Morgan fingerprint density at radius 1 is 1.32 bits per heavy atom. The van der Waals surface area contributed by atoms with Gasteiger partial charge in [0.05, 0.1) is 15.6 Å². The van der Waals surface area contributed by atoms with E-state index in [0.29, 0.717) is 25.9 Å². The van der Waals surface area contributed by atoms with Gasteiger partial charge in [-0.25, -0.2) is 9.78 Å². The van der Waals surface area contributed by atoms with Gasteiger partial charge in [-0.3, -0.25) is 4.79 Å². The number of Topliss-reactive ketones (excluding diaryl/α,β-unsaturated/α-hetero) is 1. The van der Waals surface area contributed by atoms with E-state index in [1.807, 2.05) is 27.7 Å². The summed E-state index contributed by atoms with van der Waals surface area (Å²) in [6.07, 6.45) is 1.85. The molecule has 3 rings (SSSR count). The maximum absolute atomic E-state index is 12.7. The van der Waals surface area contributed by atoms with Gasteiger partial charge >= 0.3 is 6.09 Å². The van der Waals surface area contributed by atoms with Crippen LogP contribution in [0.25, 0.3) is 0 Å². The topological polar surface area (TPSA) is 59.5 Å². The average Bonchev–Trinajstić information content (AvgIpc) is 2.86. The van der Waals surface area contributed by atoms with Crippen LogP contribution < -0.4 is 0 Å². The van der Waals surface area contributed by atoms with E-state index >= 15 is 0 Å². The van der Waals surface area contributed by atoms with Crippen LogP contribution >= 0.6 is 11.3 Å². The van der Waals surface area contributed by atoms with Crippen LogP contribution in [-0.2, 0) is 11.2 Å². The van der Waals surface area contributed by atoms with Crippen LogP contribution in [0.2, 0.25) is 0 Å². The van der Waals surface area contributed by atoms with Crippen molar-refractivity contribution in [2.45, 2.75) is 52.6 Å². The Hall–Kier alpha value is -1.43. The fourth-order valence-electron chi connectivity index (χ4n) is 3.26. The molecule has 0 N–H and O–H groups in total. The van der Waals surface area contributed by atoms with Crippen molar-refractivity contribution in [2.24, 2.45) is 5.41 Å². The molecule has 5 nitrogen and oxygen atoms in total. The Labute approximate surface area is 134 Å². The summed E-state index contributed by atoms with van der Waals surface area (Å²) >= 11 is 1.50. The molecule has 1 aliphatic carbocycles. The fourth-order valence-corrected chi connectivity index (χ4v) is 4.25. The molecule has 0 saturated carbocycles. The standard InChI is InChI=1S/C16H22N2O3S/c1-10-17-11-9-16(13(19)12(11)22-10)5-7-18(8-6-16)14(20)21-15(2,3)4/h5-9H2,1-4H3. The van der Waals surface area contributed by atoms with Gasteiger partial charge in [-0.1, -0.05) is 0 Å². The molecular formula is C16H22N2O3S. The van der Waals surface area contributed by atoms with Crippen LogP contribution in [0.5, 0.6) is 0 Å². The molecule has 120 valence electrons. The summed E-state index contributed by atoms with van der Waals surface area (Å²) < 4.78 is 5.41. The number of fused-ring (bicyclic) bond motifs is 1. The molecule has 1 aromatic rings. The van der Waals surface area contributed by atoms with E-state index in [1.54, 1.807) is 4.90 Å². The third kappa shape index (κ3) is 2.64. The van der Waals surface area contributed by atoms with E-state index in [0.717, 1.165) is 22.0 Å². The molecule has 1 spiro atoms. The van der Waals surface area contributed by atoms with Gasteiger partial charge in [0.2, 0.25) is 0 Å². The molecule has 1 aromatic heterocycles. The zero-order valence-corrected chi connectivity index (χ0v) is 14.4. The number of aromatic nitrogens is 1. The third-order valence-electron chi connectivity index (χ3n) is 4.37. The largest absolute Gasteiger partial charge is 0.444 e. The van der Waals surface area contributed by atoms with Gasteiger partial charge in [0.15, 0.2) is 5.78 Å². The first kappa shape index (κ1) is 15.5. The van der Waals surface area contributed by atoms with Crippen LogP contribution in [0.1, 0.15) is 54.0 Å². The van der Waals surface area contributed by atoms with E-state index in [4.69, 9.17) is 4.74 Å². The van der Waals surface area contributed by atoms with Crippen molar-refractivity contribution in [2.75, 3.05) is 13.1 Å². The molecule has 22 heavy (non-hydrogen) atoms. The molecule has 0 atom stereocenters. The van der Waals surface area contributed by atoms with Gasteiger partial charge in [0.25, 0.3) is 0 Å². The second-order valence-corrected chi connectivity index (χ2v) is 8.47. The minimum absolute atomic E-state index is 0.233. The van der Waals surface area contributed by atoms with Gasteiger partial charge < -0.3 is 9.64 Å². The lowest BCUT2D eigenvalue weighted by atomic mass is 9.76. The monoisotopic (exact) mass is 322 g/mol. The van der Waals surface area contributed by atoms with Crippen LogP contribution in [0, 0.1) is 12.3 Å². The molecule has 0 radical (unpaired) electrons. The molecule has 1 saturated heterocycles. The van der Waals surface area contributed by atoms with Gasteiger partial charge in [0.1, 0.15) is 5.60 Å². The van der Waals surface area contributed by atoms with Gasteiger partial charge in [-0.2, -0.15) is 0 Å². The third-order valence-corrected chi connectivity index (χ3v) is 5.38. The Kier molecular flexibility index (Phi) is 3.55. The minimum atomic E-state index is -0.485. The Morgan fingerprint density at radius 2 is 1.95 bits per heavy atom. The molecule has 0 bridgehead atoms. The maximum Gasteiger partial charge on any atom is 0.410 e. The van der Waals surface area contributed by atoms with Crippen molar-refractivity contribution in [1.29, 1.82) is 0 Å². The van der Waals surface area contributed by atoms with Crippen LogP contribution in [-0.4, -0.2) is 40.5 Å². The van der Waals surface area contributed by atoms with Crippen molar-refractivity contribution >= 4 is 23.2 Å². The number of hydrogen-bond donors (Lipinski definition) is 0. The first-order valence-electron chi connectivity index (χ1n) is 7.69. The highest BCUT2D eigenvalue weighted by Gasteiger charge is 2.49. The number of nitrogens with zero attached hydrogens (tertiary/aromatic N) is 2. The highest BCUT2D eigenvalue weighted by Crippen LogP contribution is 2.46. The van der Waals surface area contributed by atoms with Gasteiger partial charge in [-0.15, -0.1) is 11.3 Å². The number of hydrogen-bond acceptors (Lipinski definition) is 5. The van der Waals surface area contributed by atoms with Crippen molar-refractivity contribution in [3.05, 3.63) is 15.6 Å². The fraction of sp³-hybridized carbons (Fsp3) is 0.688. The normalized spacial score (nSPS) is 20.4. The molecule has 0 unspecified atom stereocenters. The number of ketones is 1. The second-order valence-electron chi connectivity index (χ2n) is 7.26. The van der Waals surface area contributed by atoms with Crippen LogP contribution in [0.3, 0.4) is 0 Å². The van der Waals surface area contributed by atoms with E-state index < -0.39 is 5.60 Å². The first-order chi connectivity index (χ1) is 10.2. The van der Waals surface area contributed by atoms with Crippen molar-refractivity contribution in [3.8, 4) is 0 Å². The minimum Gasteiger partial charge on any atom is -0.444 e. The quantitative estimate of drug-likeness (QED) is 0.736. The predicted molar refractivity (Wildman–Crippen MR) is 84.4 cm³/mol. The number of aryl methyl sites for hydroxylation is 1. The summed E-state index contributed by atoms with van der Waals surface area (Å²) in [5.74, 6) is 0.233. The molecule has 2 aliphatic rings. The molecule has 1 amide bonds. The second kappa shape index (κ2) is 5.05.